The maximum atomic E-state index is 6.78. The van der Waals surface area contributed by atoms with E-state index in [1.807, 2.05) is 0 Å². The lowest BCUT2D eigenvalue weighted by molar-refractivity contribution is -0.154. The largest absolute Gasteiger partial charge is 0.358 e. The first-order valence-electron chi connectivity index (χ1n) is 24.8. The zero-order valence-corrected chi connectivity index (χ0v) is 38.6. The number of H-pyrrole nitrogens is 3. The van der Waals surface area contributed by atoms with Gasteiger partial charge in [0.05, 0.1) is 60.2 Å². The summed E-state index contributed by atoms with van der Waals surface area (Å²) in [7, 11) is 0. The second-order valence-corrected chi connectivity index (χ2v) is 23.8. The summed E-state index contributed by atoms with van der Waals surface area (Å²) >= 11 is 0. The number of ether oxygens (including phenoxy) is 8. The Hall–Kier alpha value is -4.11. The highest BCUT2D eigenvalue weighted by atomic mass is 16.8. The van der Waals surface area contributed by atoms with E-state index in [9.17, 15) is 0 Å². The predicted molar refractivity (Wildman–Crippen MR) is 241 cm³/mol. The quantitative estimate of drug-likeness (QED) is 0.210. The van der Waals surface area contributed by atoms with Gasteiger partial charge in [0, 0.05) is 87.2 Å². The van der Waals surface area contributed by atoms with Gasteiger partial charge in [-0.05, 0) is 131 Å². The Kier molecular flexibility index (Phi) is 6.58. The minimum absolute atomic E-state index is 0.00465. The first-order chi connectivity index (χ1) is 31.6. The second kappa shape index (κ2) is 11.5. The summed E-state index contributed by atoms with van der Waals surface area (Å²) in [5.74, 6) is -1.57. The third-order valence-electron chi connectivity index (χ3n) is 18.3. The Morgan fingerprint density at radius 3 is 1.42 bits per heavy atom. The third kappa shape index (κ3) is 4.54. The van der Waals surface area contributed by atoms with E-state index in [-0.39, 0.29) is 96.2 Å². The molecule has 9 heterocycles. The molecule has 0 spiro atoms. The van der Waals surface area contributed by atoms with Gasteiger partial charge >= 0.3 is 0 Å². The lowest BCUT2D eigenvalue weighted by Crippen LogP contribution is -2.45. The number of hydrogen-bond donors (Lipinski definition) is 3. The number of nitrogens with one attached hydrogen (secondary N) is 3. The Bertz CT molecular complexity index is 3130. The number of nitrogens with zero attached hydrogens (tertiary/aromatic N) is 1. The van der Waals surface area contributed by atoms with Gasteiger partial charge in [0.1, 0.15) is 0 Å². The Balaban J connectivity index is 0.931. The highest BCUT2D eigenvalue weighted by Crippen LogP contribution is 2.63. The number of aromatic nitrogens is 3. The van der Waals surface area contributed by atoms with Gasteiger partial charge in [-0.2, -0.15) is 0 Å². The average molecular weight is 889 g/mol. The standard InChI is InChI=1S/C54H56N4O8/c1-51(2)59-43-19-9-11-21(45(43)61-51)37-29-16-31-39-23-13-25(49-47(23)63-53(5,6)65-49)41(39)33(57-31)18-34-42-26-14-24(48-50(26)66-54(7,8)64-48)40(42)32(58-34)17-30-38-22-12-10-20(44-46(22)62-52(3,4)60-44)36(38)28(56-30)15-27(55-29)35(19)37/h9-12,15-16,18-26,43-50,56-58H,13-14,17H2,1-8H3. The van der Waals surface area contributed by atoms with Gasteiger partial charge in [0.25, 0.3) is 0 Å². The summed E-state index contributed by atoms with van der Waals surface area (Å²) in [5.41, 5.74) is 17.5. The molecule has 340 valence electrons. The fourth-order valence-electron chi connectivity index (χ4n) is 16.7. The Morgan fingerprint density at radius 1 is 0.424 bits per heavy atom. The van der Waals surface area contributed by atoms with Gasteiger partial charge in [0.15, 0.2) is 23.1 Å². The molecule has 3 aromatic heterocycles. The van der Waals surface area contributed by atoms with E-state index in [4.69, 9.17) is 42.9 Å². The van der Waals surface area contributed by atoms with Gasteiger partial charge < -0.3 is 52.8 Å². The van der Waals surface area contributed by atoms with Crippen molar-refractivity contribution >= 4 is 23.9 Å². The van der Waals surface area contributed by atoms with Crippen molar-refractivity contribution in [2.24, 2.45) is 16.8 Å². The van der Waals surface area contributed by atoms with E-state index in [1.165, 1.54) is 61.6 Å². The second-order valence-electron chi connectivity index (χ2n) is 23.8. The number of hydrogen-bond acceptors (Lipinski definition) is 9. The summed E-state index contributed by atoms with van der Waals surface area (Å²) in [6.07, 6.45) is 19.2. The molecule has 2 saturated carbocycles. The van der Waals surface area contributed by atoms with Crippen LogP contribution in [0.5, 0.6) is 0 Å². The molecule has 19 rings (SSSR count). The van der Waals surface area contributed by atoms with Crippen molar-refractivity contribution in [1.29, 1.82) is 0 Å². The number of rotatable bonds is 0. The molecular weight excluding hydrogens is 833 g/mol. The van der Waals surface area contributed by atoms with Crippen molar-refractivity contribution < 1.29 is 37.9 Å². The molecule has 12 heteroatoms. The number of aliphatic imine (C=N–C) groups is 1. The predicted octanol–water partition coefficient (Wildman–Crippen LogP) is 6.79. The molecule has 3 aromatic rings. The van der Waals surface area contributed by atoms with Crippen LogP contribution in [-0.2, 0) is 44.3 Å². The zero-order valence-electron chi connectivity index (χ0n) is 38.6. The first-order valence-corrected chi connectivity index (χ1v) is 24.8. The molecule has 16 atom stereocenters. The molecule has 0 radical (unpaired) electrons. The van der Waals surface area contributed by atoms with Gasteiger partial charge in [-0.25, -0.2) is 4.99 Å². The lowest BCUT2D eigenvalue weighted by Gasteiger charge is -2.40. The van der Waals surface area contributed by atoms with E-state index < -0.39 is 23.1 Å². The summed E-state index contributed by atoms with van der Waals surface area (Å²) in [6, 6.07) is 0. The minimum Gasteiger partial charge on any atom is -0.358 e. The molecule has 0 aromatic carbocycles. The van der Waals surface area contributed by atoms with Crippen LogP contribution in [-0.4, -0.2) is 92.6 Å². The normalized spacial score (nSPS) is 44.1. The number of allylic oxidation sites excluding steroid dienone is 1. The maximum absolute atomic E-state index is 6.78. The molecule has 12 nitrogen and oxygen atoms in total. The van der Waals surface area contributed by atoms with Crippen molar-refractivity contribution in [3.05, 3.63) is 108 Å². The van der Waals surface area contributed by atoms with E-state index in [0.29, 0.717) is 0 Å². The van der Waals surface area contributed by atoms with Crippen molar-refractivity contribution in [1.82, 2.24) is 15.0 Å². The summed E-state index contributed by atoms with van der Waals surface area (Å²) < 4.78 is 54.1. The molecule has 16 unspecified atom stereocenters. The molecule has 16 aliphatic rings. The topological polar surface area (TPSA) is 134 Å². The van der Waals surface area contributed by atoms with E-state index in [2.05, 4.69) is 113 Å². The van der Waals surface area contributed by atoms with Crippen LogP contribution in [0.4, 0.5) is 0 Å². The number of fused-ring (bicyclic) bond motifs is 27. The zero-order chi connectivity index (χ0) is 44.0. The Morgan fingerprint density at radius 2 is 0.848 bits per heavy atom. The van der Waals surface area contributed by atoms with Crippen molar-refractivity contribution in [3.8, 4) is 0 Å². The van der Waals surface area contributed by atoms with Crippen LogP contribution < -0.4 is 10.7 Å². The molecule has 3 N–H and O–H groups in total. The van der Waals surface area contributed by atoms with Crippen molar-refractivity contribution in [3.63, 3.8) is 0 Å². The summed E-state index contributed by atoms with van der Waals surface area (Å²) in [6.45, 7) is 16.5. The maximum Gasteiger partial charge on any atom is 0.163 e. The molecule has 6 fully saturated rings. The van der Waals surface area contributed by atoms with Crippen LogP contribution in [0.1, 0.15) is 160 Å². The fourth-order valence-corrected chi connectivity index (χ4v) is 16.7. The average Bonchev–Trinajstić information content (AvgIpc) is 4.08. The Labute approximate surface area is 382 Å². The number of aromatic amines is 3. The summed E-state index contributed by atoms with van der Waals surface area (Å²) in [5, 5.41) is 2.27. The molecule has 66 heavy (non-hydrogen) atoms. The molecule has 10 aliphatic carbocycles. The lowest BCUT2D eigenvalue weighted by atomic mass is 9.66. The van der Waals surface area contributed by atoms with Gasteiger partial charge in [-0.1, -0.05) is 24.3 Å². The van der Waals surface area contributed by atoms with E-state index in [1.54, 1.807) is 0 Å². The van der Waals surface area contributed by atoms with Crippen LogP contribution in [0.15, 0.2) is 46.1 Å². The smallest absolute Gasteiger partial charge is 0.163 e. The van der Waals surface area contributed by atoms with Gasteiger partial charge in [0.2, 0.25) is 0 Å². The minimum atomic E-state index is -0.676. The molecule has 0 amide bonds. The van der Waals surface area contributed by atoms with Gasteiger partial charge in [-0.3, -0.25) is 0 Å². The highest BCUT2D eigenvalue weighted by Gasteiger charge is 2.63. The van der Waals surface area contributed by atoms with Crippen LogP contribution in [0.3, 0.4) is 0 Å². The van der Waals surface area contributed by atoms with Crippen LogP contribution in [0, 0.1) is 11.8 Å². The monoisotopic (exact) mass is 888 g/mol. The van der Waals surface area contributed by atoms with Crippen LogP contribution in [0.2, 0.25) is 0 Å². The molecule has 16 bridgehead atoms. The van der Waals surface area contributed by atoms with Crippen LogP contribution in [0.25, 0.3) is 18.2 Å². The fraction of sp³-hybridized carbons (Fsp3) is 0.574. The molecular formula is C54H56N4O8. The van der Waals surface area contributed by atoms with Crippen molar-refractivity contribution in [2.75, 3.05) is 0 Å². The molecule has 6 aliphatic heterocycles. The highest BCUT2D eigenvalue weighted by molar-refractivity contribution is 6.24. The van der Waals surface area contributed by atoms with E-state index >= 15 is 0 Å². The van der Waals surface area contributed by atoms with Gasteiger partial charge in [-0.15, -0.1) is 0 Å². The van der Waals surface area contributed by atoms with E-state index in [0.717, 1.165) is 47.1 Å². The SMILES string of the molecule is CC1(C)OC2C3C=CC(C4=C3C3=Cc5[nH]c(c6c5C5C=CC6C6OC(C)(C)OC56)Cc5[nH]c(c6c5C5CC6C6OC(C)(C)OC56)C=c5[nH]c(c6c5C5CC6C6OC(C)(C)OC56)=CC4=N3)C2O1. The van der Waals surface area contributed by atoms with Crippen molar-refractivity contribution in [2.45, 2.75) is 182 Å². The summed E-state index contributed by atoms with van der Waals surface area (Å²) in [4.78, 5) is 18.1. The first kappa shape index (κ1) is 37.8. The molecule has 4 saturated heterocycles. The van der Waals surface area contributed by atoms with Crippen LogP contribution >= 0.6 is 0 Å². The third-order valence-corrected chi connectivity index (χ3v) is 18.3.